The van der Waals surface area contributed by atoms with Crippen LogP contribution >= 0.6 is 0 Å². The maximum absolute atomic E-state index is 10.9. The molecule has 1 amide bonds. The number of nitrogens with two attached hydrogens (primary N) is 1. The lowest BCUT2D eigenvalue weighted by molar-refractivity contribution is -0.111. The van der Waals surface area contributed by atoms with E-state index in [1.807, 2.05) is 0 Å². The molecule has 80 valence electrons. The molecular formula is C9H17N3O2. The number of carbonyl (C=O) groups is 1. The Labute approximate surface area is 84.1 Å². The van der Waals surface area contributed by atoms with Gasteiger partial charge in [-0.05, 0) is 6.42 Å². The van der Waals surface area contributed by atoms with Gasteiger partial charge in [0, 0.05) is 14.1 Å². The number of carbonyl (C=O) groups excluding carboxylic acids is 1. The molecule has 0 aromatic rings. The van der Waals surface area contributed by atoms with Crippen LogP contribution < -0.4 is 5.73 Å². The fraction of sp³-hybridized carbons (Fsp3) is 0.667. The molecule has 0 saturated carbocycles. The second-order valence-corrected chi connectivity index (χ2v) is 2.67. The first-order valence-corrected chi connectivity index (χ1v) is 4.53. The van der Waals surface area contributed by atoms with Crippen molar-refractivity contribution in [1.82, 2.24) is 0 Å². The van der Waals surface area contributed by atoms with Crippen LogP contribution in [0.3, 0.4) is 0 Å². The van der Waals surface area contributed by atoms with Crippen molar-refractivity contribution in [3.8, 4) is 0 Å². The van der Waals surface area contributed by atoms with E-state index in [9.17, 15) is 4.79 Å². The Morgan fingerprint density at radius 1 is 1.36 bits per heavy atom. The van der Waals surface area contributed by atoms with Gasteiger partial charge in [0.05, 0.1) is 6.61 Å². The molecule has 5 nitrogen and oxygen atoms in total. The number of amides is 1. The quantitative estimate of drug-likeness (QED) is 0.395. The van der Waals surface area contributed by atoms with E-state index >= 15 is 0 Å². The van der Waals surface area contributed by atoms with E-state index in [1.54, 1.807) is 0 Å². The molecule has 0 aliphatic heterocycles. The fourth-order valence-corrected chi connectivity index (χ4v) is 0.863. The number of aliphatic imine (C=N–C) groups is 2. The first kappa shape index (κ1) is 12.6. The Kier molecular flexibility index (Phi) is 6.36. The van der Waals surface area contributed by atoms with Crippen LogP contribution in [0.4, 0.5) is 0 Å². The highest BCUT2D eigenvalue weighted by atomic mass is 16.5. The zero-order valence-corrected chi connectivity index (χ0v) is 8.91. The SMILES string of the molecule is CCCCOC(=NC)C(=NC)C(N)=O. The van der Waals surface area contributed by atoms with Gasteiger partial charge in [-0.15, -0.1) is 0 Å². The fourth-order valence-electron chi connectivity index (χ4n) is 0.863. The molecule has 0 aliphatic carbocycles. The molecule has 0 bridgehead atoms. The Morgan fingerprint density at radius 3 is 2.36 bits per heavy atom. The molecular weight excluding hydrogens is 182 g/mol. The monoisotopic (exact) mass is 199 g/mol. The smallest absolute Gasteiger partial charge is 0.272 e. The lowest BCUT2D eigenvalue weighted by Crippen LogP contribution is -2.32. The maximum Gasteiger partial charge on any atom is 0.272 e. The van der Waals surface area contributed by atoms with E-state index < -0.39 is 5.91 Å². The van der Waals surface area contributed by atoms with Gasteiger partial charge in [-0.1, -0.05) is 13.3 Å². The molecule has 0 aromatic heterocycles. The average molecular weight is 199 g/mol. The van der Waals surface area contributed by atoms with Gasteiger partial charge < -0.3 is 10.5 Å². The highest BCUT2D eigenvalue weighted by Crippen LogP contribution is 1.93. The normalized spacial score (nSPS) is 12.8. The predicted molar refractivity (Wildman–Crippen MR) is 56.8 cm³/mol. The van der Waals surface area contributed by atoms with E-state index in [0.29, 0.717) is 6.61 Å². The molecule has 0 radical (unpaired) electrons. The van der Waals surface area contributed by atoms with Crippen molar-refractivity contribution in [3.05, 3.63) is 0 Å². The average Bonchev–Trinajstić information content (AvgIpc) is 2.16. The van der Waals surface area contributed by atoms with Crippen LogP contribution in [-0.4, -0.2) is 38.2 Å². The third-order valence-corrected chi connectivity index (χ3v) is 1.60. The summed E-state index contributed by atoms with van der Waals surface area (Å²) in [6.45, 7) is 2.57. The Hall–Kier alpha value is -1.39. The Morgan fingerprint density at radius 2 is 2.00 bits per heavy atom. The molecule has 0 rings (SSSR count). The number of unbranched alkanes of at least 4 members (excludes halogenated alkanes) is 1. The van der Waals surface area contributed by atoms with Gasteiger partial charge in [-0.25, -0.2) is 0 Å². The van der Waals surface area contributed by atoms with Crippen LogP contribution in [0.5, 0.6) is 0 Å². The summed E-state index contributed by atoms with van der Waals surface area (Å²) in [5, 5.41) is 0. The lowest BCUT2D eigenvalue weighted by Gasteiger charge is -2.07. The van der Waals surface area contributed by atoms with Crippen molar-refractivity contribution in [1.29, 1.82) is 0 Å². The van der Waals surface area contributed by atoms with Crippen molar-refractivity contribution < 1.29 is 9.53 Å². The molecule has 0 atom stereocenters. The second kappa shape index (κ2) is 7.06. The van der Waals surface area contributed by atoms with Crippen molar-refractivity contribution in [2.24, 2.45) is 15.7 Å². The van der Waals surface area contributed by atoms with E-state index in [1.165, 1.54) is 14.1 Å². The topological polar surface area (TPSA) is 77.0 Å². The molecule has 14 heavy (non-hydrogen) atoms. The number of primary amides is 1. The van der Waals surface area contributed by atoms with Crippen LogP contribution in [0.25, 0.3) is 0 Å². The maximum atomic E-state index is 10.9. The van der Waals surface area contributed by atoms with E-state index in [-0.39, 0.29) is 11.6 Å². The number of ether oxygens (including phenoxy) is 1. The number of hydrogen-bond acceptors (Lipinski definition) is 4. The number of nitrogens with zero attached hydrogens (tertiary/aromatic N) is 2. The molecule has 0 spiro atoms. The van der Waals surface area contributed by atoms with Crippen molar-refractivity contribution >= 4 is 17.5 Å². The van der Waals surface area contributed by atoms with Crippen molar-refractivity contribution in [2.45, 2.75) is 19.8 Å². The molecule has 0 aromatic carbocycles. The summed E-state index contributed by atoms with van der Waals surface area (Å²) >= 11 is 0. The molecule has 2 N–H and O–H groups in total. The van der Waals surface area contributed by atoms with E-state index in [2.05, 4.69) is 16.9 Å². The van der Waals surface area contributed by atoms with Crippen LogP contribution in [0.15, 0.2) is 9.98 Å². The molecule has 0 fully saturated rings. The zero-order chi connectivity index (χ0) is 11.0. The van der Waals surface area contributed by atoms with Crippen LogP contribution in [0.1, 0.15) is 19.8 Å². The molecule has 0 saturated heterocycles. The van der Waals surface area contributed by atoms with Gasteiger partial charge in [0.25, 0.3) is 5.91 Å². The molecule has 5 heteroatoms. The van der Waals surface area contributed by atoms with Crippen LogP contribution in [0, 0.1) is 0 Å². The number of hydrogen-bond donors (Lipinski definition) is 1. The Balaban J connectivity index is 4.34. The van der Waals surface area contributed by atoms with Crippen LogP contribution in [0.2, 0.25) is 0 Å². The van der Waals surface area contributed by atoms with Gasteiger partial charge in [0.1, 0.15) is 0 Å². The summed E-state index contributed by atoms with van der Waals surface area (Å²) in [6.07, 6.45) is 1.93. The van der Waals surface area contributed by atoms with Gasteiger partial charge >= 0.3 is 0 Å². The first-order chi connectivity index (χ1) is 6.67. The van der Waals surface area contributed by atoms with Crippen molar-refractivity contribution in [2.75, 3.05) is 20.7 Å². The largest absolute Gasteiger partial charge is 0.476 e. The molecule has 0 unspecified atom stereocenters. The summed E-state index contributed by atoms with van der Waals surface area (Å²) in [4.78, 5) is 18.4. The molecule has 0 aliphatic rings. The van der Waals surface area contributed by atoms with Crippen molar-refractivity contribution in [3.63, 3.8) is 0 Å². The summed E-state index contributed by atoms with van der Waals surface area (Å²) in [7, 11) is 3.02. The third kappa shape index (κ3) is 4.02. The minimum atomic E-state index is -0.621. The highest BCUT2D eigenvalue weighted by molar-refractivity contribution is 6.64. The number of rotatable bonds is 5. The standard InChI is InChI=1S/C9H17N3O2/c1-4-5-6-14-9(12-3)7(11-2)8(10)13/h4-6H2,1-3H3,(H2,10,13). The second-order valence-electron chi connectivity index (χ2n) is 2.67. The summed E-state index contributed by atoms with van der Waals surface area (Å²) in [5.41, 5.74) is 5.18. The summed E-state index contributed by atoms with van der Waals surface area (Å²) in [5.74, 6) is -0.405. The summed E-state index contributed by atoms with van der Waals surface area (Å²) < 4.78 is 5.26. The van der Waals surface area contributed by atoms with Gasteiger partial charge in [-0.3, -0.25) is 14.8 Å². The van der Waals surface area contributed by atoms with Gasteiger partial charge in [0.2, 0.25) is 5.90 Å². The van der Waals surface area contributed by atoms with Gasteiger partial charge in [-0.2, -0.15) is 0 Å². The lowest BCUT2D eigenvalue weighted by atomic mass is 10.3. The minimum Gasteiger partial charge on any atom is -0.476 e. The third-order valence-electron chi connectivity index (χ3n) is 1.60. The zero-order valence-electron chi connectivity index (χ0n) is 8.91. The Bertz CT molecular complexity index is 246. The predicted octanol–water partition coefficient (Wildman–Crippen LogP) is 0.388. The first-order valence-electron chi connectivity index (χ1n) is 4.53. The van der Waals surface area contributed by atoms with E-state index in [4.69, 9.17) is 10.5 Å². The van der Waals surface area contributed by atoms with Crippen LogP contribution in [-0.2, 0) is 9.53 Å². The highest BCUT2D eigenvalue weighted by Gasteiger charge is 2.14. The summed E-state index contributed by atoms with van der Waals surface area (Å²) in [6, 6.07) is 0. The van der Waals surface area contributed by atoms with Gasteiger partial charge in [0.15, 0.2) is 5.71 Å². The minimum absolute atomic E-state index is 0.0867. The molecule has 0 heterocycles. The van der Waals surface area contributed by atoms with E-state index in [0.717, 1.165) is 12.8 Å².